The van der Waals surface area contributed by atoms with Gasteiger partial charge >= 0.3 is 0 Å². The zero-order chi connectivity index (χ0) is 15.0. The van der Waals surface area contributed by atoms with Crippen molar-refractivity contribution in [2.45, 2.75) is 58.1 Å². The summed E-state index contributed by atoms with van der Waals surface area (Å²) in [4.78, 5) is 0. The van der Waals surface area contributed by atoms with Crippen molar-refractivity contribution in [1.82, 2.24) is 0 Å². The molecule has 0 bridgehead atoms. The molecule has 3 heteroatoms. The maximum absolute atomic E-state index is 13.6. The molecule has 20 heavy (non-hydrogen) atoms. The van der Waals surface area contributed by atoms with Crippen molar-refractivity contribution in [2.24, 2.45) is 11.1 Å². The summed E-state index contributed by atoms with van der Waals surface area (Å²) in [5.41, 5.74) is 8.17. The number of aryl methyl sites for hydroxylation is 1. The maximum atomic E-state index is 13.6. The molecule has 112 valence electrons. The third-order valence-electron chi connectivity index (χ3n) is 4.85. The molecule has 0 spiro atoms. The van der Waals surface area contributed by atoms with Crippen molar-refractivity contribution in [2.75, 3.05) is 7.11 Å². The summed E-state index contributed by atoms with van der Waals surface area (Å²) in [6.45, 7) is 6.46. The topological polar surface area (TPSA) is 35.2 Å². The van der Waals surface area contributed by atoms with Crippen molar-refractivity contribution < 1.29 is 9.13 Å². The molecule has 1 aromatic carbocycles. The van der Waals surface area contributed by atoms with Crippen LogP contribution in [0, 0.1) is 18.2 Å². The van der Waals surface area contributed by atoms with E-state index in [1.807, 2.05) is 13.0 Å². The number of nitrogens with two attached hydrogens (primary N) is 1. The van der Waals surface area contributed by atoms with Crippen LogP contribution in [0.2, 0.25) is 0 Å². The maximum Gasteiger partial charge on any atom is 0.123 e. The molecule has 2 nitrogen and oxygen atoms in total. The Morgan fingerprint density at radius 2 is 1.75 bits per heavy atom. The van der Waals surface area contributed by atoms with Crippen molar-refractivity contribution in [1.29, 1.82) is 0 Å². The zero-order valence-corrected chi connectivity index (χ0v) is 13.0. The first kappa shape index (κ1) is 15.5. The normalized spacial score (nSPS) is 22.5. The summed E-state index contributed by atoms with van der Waals surface area (Å²) in [5, 5.41) is 0. The Bertz CT molecular complexity index is 454. The minimum absolute atomic E-state index is 0.224. The second-order valence-corrected chi connectivity index (χ2v) is 6.97. The molecule has 1 aliphatic carbocycles. The van der Waals surface area contributed by atoms with Crippen molar-refractivity contribution >= 4 is 0 Å². The molecule has 1 saturated carbocycles. The van der Waals surface area contributed by atoms with E-state index in [0.29, 0.717) is 5.41 Å². The monoisotopic (exact) mass is 279 g/mol. The fourth-order valence-corrected chi connectivity index (χ4v) is 3.24. The van der Waals surface area contributed by atoms with Gasteiger partial charge in [-0.3, -0.25) is 0 Å². The molecule has 1 atom stereocenters. The summed E-state index contributed by atoms with van der Waals surface area (Å²) in [6.07, 6.45) is 4.02. The van der Waals surface area contributed by atoms with Crippen molar-refractivity contribution in [3.8, 4) is 0 Å². The lowest BCUT2D eigenvalue weighted by molar-refractivity contribution is -0.0794. The van der Waals surface area contributed by atoms with E-state index >= 15 is 0 Å². The Kier molecular flexibility index (Phi) is 4.22. The smallest absolute Gasteiger partial charge is 0.123 e. The highest BCUT2D eigenvalue weighted by molar-refractivity contribution is 5.28. The number of hydrogen-bond donors (Lipinski definition) is 1. The van der Waals surface area contributed by atoms with E-state index in [0.717, 1.165) is 36.8 Å². The molecule has 1 aliphatic rings. The first-order chi connectivity index (χ1) is 9.28. The highest BCUT2D eigenvalue weighted by Gasteiger charge is 2.43. The molecular weight excluding hydrogens is 253 g/mol. The van der Waals surface area contributed by atoms with Crippen LogP contribution in [0.25, 0.3) is 0 Å². The molecule has 1 fully saturated rings. The van der Waals surface area contributed by atoms with Crippen LogP contribution in [0.5, 0.6) is 0 Å². The summed E-state index contributed by atoms with van der Waals surface area (Å²) >= 11 is 0. The van der Waals surface area contributed by atoms with Gasteiger partial charge in [0.05, 0.1) is 11.6 Å². The van der Waals surface area contributed by atoms with Gasteiger partial charge in [0.25, 0.3) is 0 Å². The molecule has 2 N–H and O–H groups in total. The van der Waals surface area contributed by atoms with Gasteiger partial charge in [0.1, 0.15) is 5.82 Å². The van der Waals surface area contributed by atoms with Gasteiger partial charge in [-0.1, -0.05) is 19.9 Å². The van der Waals surface area contributed by atoms with E-state index in [9.17, 15) is 4.39 Å². The van der Waals surface area contributed by atoms with Crippen molar-refractivity contribution in [3.63, 3.8) is 0 Å². The number of halogens is 1. The Labute approximate surface area is 121 Å². The summed E-state index contributed by atoms with van der Waals surface area (Å²) in [6, 6.07) is 4.75. The highest BCUT2D eigenvalue weighted by atomic mass is 19.1. The van der Waals surface area contributed by atoms with E-state index in [1.54, 1.807) is 7.11 Å². The Morgan fingerprint density at radius 1 is 1.15 bits per heavy atom. The average Bonchev–Trinajstić information content (AvgIpc) is 2.37. The molecule has 0 aliphatic heterocycles. The third-order valence-corrected chi connectivity index (χ3v) is 4.85. The van der Waals surface area contributed by atoms with Gasteiger partial charge in [0.2, 0.25) is 0 Å². The van der Waals surface area contributed by atoms with Crippen LogP contribution in [-0.2, 0) is 4.74 Å². The molecule has 1 aromatic rings. The number of hydrogen-bond acceptors (Lipinski definition) is 2. The lowest BCUT2D eigenvalue weighted by Gasteiger charge is -2.46. The van der Waals surface area contributed by atoms with Crippen LogP contribution < -0.4 is 5.73 Å². The second-order valence-electron chi connectivity index (χ2n) is 6.97. The minimum atomic E-state index is -0.365. The lowest BCUT2D eigenvalue weighted by Crippen LogP contribution is -2.47. The molecule has 0 heterocycles. The molecule has 0 amide bonds. The van der Waals surface area contributed by atoms with Gasteiger partial charge in [-0.15, -0.1) is 0 Å². The molecule has 0 saturated heterocycles. The lowest BCUT2D eigenvalue weighted by atomic mass is 9.67. The largest absolute Gasteiger partial charge is 0.376 e. The second kappa shape index (κ2) is 5.45. The molecule has 0 radical (unpaired) electrons. The number of rotatable bonds is 3. The van der Waals surface area contributed by atoms with Gasteiger partial charge in [-0.25, -0.2) is 4.39 Å². The van der Waals surface area contributed by atoms with E-state index < -0.39 is 0 Å². The van der Waals surface area contributed by atoms with Gasteiger partial charge in [-0.05, 0) is 61.3 Å². The minimum Gasteiger partial charge on any atom is -0.376 e. The van der Waals surface area contributed by atoms with Crippen LogP contribution in [0.3, 0.4) is 0 Å². The first-order valence-corrected chi connectivity index (χ1v) is 7.36. The van der Waals surface area contributed by atoms with E-state index in [2.05, 4.69) is 13.8 Å². The highest BCUT2D eigenvalue weighted by Crippen LogP contribution is 2.46. The number of benzene rings is 1. The number of methoxy groups -OCH3 is 1. The van der Waals surface area contributed by atoms with Crippen LogP contribution >= 0.6 is 0 Å². The number of ether oxygens (including phenoxy) is 1. The van der Waals surface area contributed by atoms with Gasteiger partial charge in [0.15, 0.2) is 0 Å². The average molecular weight is 279 g/mol. The van der Waals surface area contributed by atoms with Gasteiger partial charge in [0, 0.05) is 7.11 Å². The van der Waals surface area contributed by atoms with E-state index in [-0.39, 0.29) is 17.5 Å². The summed E-state index contributed by atoms with van der Waals surface area (Å²) < 4.78 is 19.4. The summed E-state index contributed by atoms with van der Waals surface area (Å²) in [5.74, 6) is -0.224. The quantitative estimate of drug-likeness (QED) is 0.903. The van der Waals surface area contributed by atoms with E-state index in [1.165, 1.54) is 12.1 Å². The molecule has 0 aromatic heterocycles. The SMILES string of the molecule is COC1(C(N)c2cc(C)cc(F)c2)CCC(C)(C)CC1. The van der Waals surface area contributed by atoms with Crippen LogP contribution in [-0.4, -0.2) is 12.7 Å². The zero-order valence-electron chi connectivity index (χ0n) is 13.0. The standard InChI is InChI=1S/C17H26FNO/c1-12-9-13(11-14(18)10-12)15(19)17(20-4)7-5-16(2,3)6-8-17/h9-11,15H,5-8,19H2,1-4H3. The predicted octanol–water partition coefficient (Wildman–Crippen LogP) is 4.12. The Morgan fingerprint density at radius 3 is 2.25 bits per heavy atom. The molecular formula is C17H26FNO. The molecule has 2 rings (SSSR count). The van der Waals surface area contributed by atoms with Crippen LogP contribution in [0.15, 0.2) is 18.2 Å². The Balaban J connectivity index is 2.27. The fraction of sp³-hybridized carbons (Fsp3) is 0.647. The van der Waals surface area contributed by atoms with Crippen LogP contribution in [0.4, 0.5) is 4.39 Å². The molecule has 1 unspecified atom stereocenters. The fourth-order valence-electron chi connectivity index (χ4n) is 3.24. The third kappa shape index (κ3) is 3.04. The van der Waals surface area contributed by atoms with Gasteiger partial charge in [-0.2, -0.15) is 0 Å². The van der Waals surface area contributed by atoms with Gasteiger partial charge < -0.3 is 10.5 Å². The van der Waals surface area contributed by atoms with Crippen LogP contribution in [0.1, 0.15) is 56.7 Å². The van der Waals surface area contributed by atoms with E-state index in [4.69, 9.17) is 10.5 Å². The first-order valence-electron chi connectivity index (χ1n) is 7.36. The van der Waals surface area contributed by atoms with Crippen molar-refractivity contribution in [3.05, 3.63) is 35.1 Å². The predicted molar refractivity (Wildman–Crippen MR) is 80.1 cm³/mol. The summed E-state index contributed by atoms with van der Waals surface area (Å²) in [7, 11) is 1.73. The Hall–Kier alpha value is -0.930.